The van der Waals surface area contributed by atoms with Gasteiger partial charge in [-0.1, -0.05) is 6.92 Å². The second-order valence-corrected chi connectivity index (χ2v) is 4.66. The first kappa shape index (κ1) is 13.2. The summed E-state index contributed by atoms with van der Waals surface area (Å²) in [5.74, 6) is 0.949. The molecule has 5 nitrogen and oxygen atoms in total. The summed E-state index contributed by atoms with van der Waals surface area (Å²) in [6.45, 7) is 8.54. The highest BCUT2D eigenvalue weighted by Gasteiger charge is 2.20. The summed E-state index contributed by atoms with van der Waals surface area (Å²) in [5, 5.41) is 3.32. The van der Waals surface area contributed by atoms with Gasteiger partial charge >= 0.3 is 0 Å². The summed E-state index contributed by atoms with van der Waals surface area (Å²) < 4.78 is 5.42. The van der Waals surface area contributed by atoms with Gasteiger partial charge in [0, 0.05) is 13.1 Å². The lowest BCUT2D eigenvalue weighted by molar-refractivity contribution is 0.0985. The van der Waals surface area contributed by atoms with E-state index in [2.05, 4.69) is 34.0 Å². The van der Waals surface area contributed by atoms with Crippen molar-refractivity contribution in [1.29, 1.82) is 0 Å². The highest BCUT2D eigenvalue weighted by molar-refractivity contribution is 5.37. The Morgan fingerprint density at radius 1 is 1.44 bits per heavy atom. The van der Waals surface area contributed by atoms with Gasteiger partial charge < -0.3 is 15.0 Å². The summed E-state index contributed by atoms with van der Waals surface area (Å²) in [5.41, 5.74) is 0.994. The molecule has 1 saturated heterocycles. The normalized spacial score (nSPS) is 20.1. The van der Waals surface area contributed by atoms with Gasteiger partial charge in [0.05, 0.1) is 37.3 Å². The fourth-order valence-electron chi connectivity index (χ4n) is 2.05. The molecule has 1 aromatic heterocycles. The number of anilines is 1. The quantitative estimate of drug-likeness (QED) is 0.796. The van der Waals surface area contributed by atoms with Crippen LogP contribution in [0.5, 0.6) is 0 Å². The molecule has 0 spiro atoms. The Labute approximate surface area is 109 Å². The minimum atomic E-state index is 0.372. The summed E-state index contributed by atoms with van der Waals surface area (Å²) >= 11 is 0. The van der Waals surface area contributed by atoms with Crippen LogP contribution in [0.25, 0.3) is 0 Å². The van der Waals surface area contributed by atoms with E-state index in [1.54, 1.807) is 0 Å². The topological polar surface area (TPSA) is 50.3 Å². The third-order valence-corrected chi connectivity index (χ3v) is 3.09. The van der Waals surface area contributed by atoms with Crippen LogP contribution in [0.15, 0.2) is 12.4 Å². The van der Waals surface area contributed by atoms with E-state index >= 15 is 0 Å². The second-order valence-electron chi connectivity index (χ2n) is 4.66. The Morgan fingerprint density at radius 2 is 2.33 bits per heavy atom. The molecular weight excluding hydrogens is 228 g/mol. The van der Waals surface area contributed by atoms with Crippen molar-refractivity contribution in [2.24, 2.45) is 0 Å². The maximum atomic E-state index is 5.42. The Bertz CT molecular complexity index is 355. The van der Waals surface area contributed by atoms with Crippen LogP contribution in [0.2, 0.25) is 0 Å². The first-order valence-corrected chi connectivity index (χ1v) is 6.67. The van der Waals surface area contributed by atoms with Crippen molar-refractivity contribution in [3.63, 3.8) is 0 Å². The molecule has 1 aliphatic rings. The first-order chi connectivity index (χ1) is 8.81. The minimum absolute atomic E-state index is 0.372. The Kier molecular flexibility index (Phi) is 4.90. The van der Waals surface area contributed by atoms with Gasteiger partial charge in [-0.3, -0.25) is 4.98 Å². The monoisotopic (exact) mass is 250 g/mol. The van der Waals surface area contributed by atoms with E-state index in [-0.39, 0.29) is 0 Å². The van der Waals surface area contributed by atoms with Crippen molar-refractivity contribution >= 4 is 5.82 Å². The van der Waals surface area contributed by atoms with Crippen molar-refractivity contribution < 1.29 is 4.74 Å². The zero-order valence-electron chi connectivity index (χ0n) is 11.2. The van der Waals surface area contributed by atoms with Crippen LogP contribution in [0.4, 0.5) is 5.82 Å². The lowest BCUT2D eigenvalue weighted by atomic mass is 10.2. The molecule has 1 aliphatic heterocycles. The smallest absolute Gasteiger partial charge is 0.147 e. The molecule has 0 radical (unpaired) electrons. The average molecular weight is 250 g/mol. The van der Waals surface area contributed by atoms with Crippen molar-refractivity contribution in [3.8, 4) is 0 Å². The molecule has 5 heteroatoms. The van der Waals surface area contributed by atoms with E-state index < -0.39 is 0 Å². The fourth-order valence-corrected chi connectivity index (χ4v) is 2.05. The van der Waals surface area contributed by atoms with Crippen molar-refractivity contribution in [2.75, 3.05) is 31.2 Å². The van der Waals surface area contributed by atoms with E-state index in [4.69, 9.17) is 4.74 Å². The molecule has 18 heavy (non-hydrogen) atoms. The van der Waals surface area contributed by atoms with E-state index in [1.807, 2.05) is 12.4 Å². The minimum Gasteiger partial charge on any atom is -0.377 e. The average Bonchev–Trinajstić information content (AvgIpc) is 2.41. The largest absolute Gasteiger partial charge is 0.377 e. The molecule has 0 saturated carbocycles. The molecular formula is C13H22N4O. The van der Waals surface area contributed by atoms with Crippen LogP contribution in [0.3, 0.4) is 0 Å². The summed E-state index contributed by atoms with van der Waals surface area (Å²) in [6, 6.07) is 0.372. The van der Waals surface area contributed by atoms with E-state index in [1.165, 1.54) is 0 Å². The molecule has 2 heterocycles. The summed E-state index contributed by atoms with van der Waals surface area (Å²) in [6.07, 6.45) is 4.86. The number of hydrogen-bond donors (Lipinski definition) is 1. The van der Waals surface area contributed by atoms with Crippen LogP contribution in [0.1, 0.15) is 26.0 Å². The van der Waals surface area contributed by atoms with Gasteiger partial charge in [-0.2, -0.15) is 0 Å². The molecule has 1 fully saturated rings. The second kappa shape index (κ2) is 6.66. The van der Waals surface area contributed by atoms with Gasteiger partial charge in [-0.05, 0) is 19.9 Å². The first-order valence-electron chi connectivity index (χ1n) is 6.67. The van der Waals surface area contributed by atoms with Crippen molar-refractivity contribution in [2.45, 2.75) is 32.9 Å². The number of rotatable bonds is 5. The Balaban J connectivity index is 1.94. The summed E-state index contributed by atoms with van der Waals surface area (Å²) in [4.78, 5) is 11.2. The van der Waals surface area contributed by atoms with Crippen LogP contribution >= 0.6 is 0 Å². The van der Waals surface area contributed by atoms with E-state index in [0.717, 1.165) is 50.8 Å². The number of morpholine rings is 1. The molecule has 1 unspecified atom stereocenters. The maximum Gasteiger partial charge on any atom is 0.147 e. The van der Waals surface area contributed by atoms with Crippen LogP contribution < -0.4 is 10.2 Å². The predicted octanol–water partition coefficient (Wildman–Crippen LogP) is 1.20. The zero-order chi connectivity index (χ0) is 12.8. The molecule has 0 amide bonds. The Hall–Kier alpha value is -1.20. The van der Waals surface area contributed by atoms with E-state index in [9.17, 15) is 0 Å². The molecule has 100 valence electrons. The van der Waals surface area contributed by atoms with Gasteiger partial charge in [-0.15, -0.1) is 0 Å². The highest BCUT2D eigenvalue weighted by atomic mass is 16.5. The van der Waals surface area contributed by atoms with E-state index in [0.29, 0.717) is 6.04 Å². The van der Waals surface area contributed by atoms with Crippen molar-refractivity contribution in [1.82, 2.24) is 15.3 Å². The molecule has 1 N–H and O–H groups in total. The molecule has 1 atom stereocenters. The van der Waals surface area contributed by atoms with Crippen LogP contribution in [-0.4, -0.2) is 42.3 Å². The summed E-state index contributed by atoms with van der Waals surface area (Å²) in [7, 11) is 0. The third kappa shape index (κ3) is 3.40. The predicted molar refractivity (Wildman–Crippen MR) is 71.7 cm³/mol. The molecule has 2 rings (SSSR count). The number of hydrogen-bond acceptors (Lipinski definition) is 5. The SMILES string of the molecule is CCCNCc1cnc(N2CCOCC2C)cn1. The highest BCUT2D eigenvalue weighted by Crippen LogP contribution is 2.15. The molecule has 1 aromatic rings. The molecule has 0 aromatic carbocycles. The number of aromatic nitrogens is 2. The van der Waals surface area contributed by atoms with Crippen molar-refractivity contribution in [3.05, 3.63) is 18.1 Å². The maximum absolute atomic E-state index is 5.42. The van der Waals surface area contributed by atoms with Gasteiger partial charge in [0.25, 0.3) is 0 Å². The molecule has 0 aliphatic carbocycles. The fraction of sp³-hybridized carbons (Fsp3) is 0.692. The lowest BCUT2D eigenvalue weighted by Crippen LogP contribution is -2.44. The van der Waals surface area contributed by atoms with Gasteiger partial charge in [0.15, 0.2) is 0 Å². The van der Waals surface area contributed by atoms with Crippen LogP contribution in [-0.2, 0) is 11.3 Å². The van der Waals surface area contributed by atoms with Crippen LogP contribution in [0, 0.1) is 0 Å². The number of nitrogens with zero attached hydrogens (tertiary/aromatic N) is 3. The van der Waals surface area contributed by atoms with Gasteiger partial charge in [-0.25, -0.2) is 4.98 Å². The zero-order valence-corrected chi connectivity index (χ0v) is 11.2. The Morgan fingerprint density at radius 3 is 3.00 bits per heavy atom. The van der Waals surface area contributed by atoms with Gasteiger partial charge in [0.1, 0.15) is 5.82 Å². The van der Waals surface area contributed by atoms with Gasteiger partial charge in [0.2, 0.25) is 0 Å². The molecule has 0 bridgehead atoms. The lowest BCUT2D eigenvalue weighted by Gasteiger charge is -2.33. The number of ether oxygens (including phenoxy) is 1. The standard InChI is InChI=1S/C13H22N4O/c1-3-4-14-7-12-8-16-13(9-15-12)17-5-6-18-10-11(17)2/h8-9,11,14H,3-7,10H2,1-2H3. The third-order valence-electron chi connectivity index (χ3n) is 3.09. The number of nitrogens with one attached hydrogen (secondary N) is 1.